The minimum absolute atomic E-state index is 0.286. The molecule has 3 rings (SSSR count). The normalized spacial score (nSPS) is 17.9. The Morgan fingerprint density at radius 2 is 1.80 bits per heavy atom. The summed E-state index contributed by atoms with van der Waals surface area (Å²) in [5.74, 6) is 0. The fourth-order valence-corrected chi connectivity index (χ4v) is 3.50. The second-order valence-corrected chi connectivity index (χ2v) is 6.66. The van der Waals surface area contributed by atoms with Gasteiger partial charge in [-0.25, -0.2) is 13.1 Å². The van der Waals surface area contributed by atoms with E-state index < -0.39 is 10.0 Å². The van der Waals surface area contributed by atoms with E-state index >= 15 is 0 Å². The van der Waals surface area contributed by atoms with E-state index in [-0.39, 0.29) is 10.9 Å². The standard InChI is InChI=1S/C16H15NO2S/c1-12-6-9-14(10-7-12)20(18,19)17-16-11-8-13-4-2-3-5-15(13)16/h2-7,9-10,16-17H,8H2,1H3/t16-/m1/s1. The van der Waals surface area contributed by atoms with Gasteiger partial charge >= 0.3 is 0 Å². The highest BCUT2D eigenvalue weighted by Gasteiger charge is 2.27. The summed E-state index contributed by atoms with van der Waals surface area (Å²) in [6, 6.07) is 14.3. The van der Waals surface area contributed by atoms with Crippen LogP contribution in [0.2, 0.25) is 0 Å². The number of hydrogen-bond acceptors (Lipinski definition) is 2. The van der Waals surface area contributed by atoms with Crippen molar-refractivity contribution in [1.82, 2.24) is 4.72 Å². The molecule has 4 heteroatoms. The van der Waals surface area contributed by atoms with Crippen LogP contribution in [0.15, 0.2) is 53.4 Å². The third kappa shape index (κ3) is 2.49. The first kappa shape index (κ1) is 13.3. The lowest BCUT2D eigenvalue weighted by atomic mass is 10.1. The Bertz CT molecular complexity index is 720. The summed E-state index contributed by atoms with van der Waals surface area (Å²) in [6.07, 6.45) is 3.85. The van der Waals surface area contributed by atoms with Crippen molar-refractivity contribution in [3.63, 3.8) is 0 Å². The number of nitrogens with one attached hydrogen (secondary N) is 1. The molecular formula is C16H15NO2S. The minimum atomic E-state index is -3.52. The van der Waals surface area contributed by atoms with Gasteiger partial charge in [-0.3, -0.25) is 0 Å². The van der Waals surface area contributed by atoms with Gasteiger partial charge in [0.2, 0.25) is 10.0 Å². The lowest BCUT2D eigenvalue weighted by Gasteiger charge is -2.14. The summed E-state index contributed by atoms with van der Waals surface area (Å²) in [5.41, 5.74) is 3.15. The number of benzene rings is 2. The molecule has 0 fully saturated rings. The van der Waals surface area contributed by atoms with Gasteiger partial charge in [0.25, 0.3) is 0 Å². The maximum Gasteiger partial charge on any atom is 0.241 e. The zero-order chi connectivity index (χ0) is 14.2. The molecule has 0 amide bonds. The average molecular weight is 285 g/mol. The Morgan fingerprint density at radius 3 is 2.55 bits per heavy atom. The van der Waals surface area contributed by atoms with Crippen LogP contribution in [0.1, 0.15) is 22.7 Å². The van der Waals surface area contributed by atoms with Gasteiger partial charge in [-0.05, 0) is 36.6 Å². The monoisotopic (exact) mass is 285 g/mol. The summed E-state index contributed by atoms with van der Waals surface area (Å²) in [4.78, 5) is 0.286. The van der Waals surface area contributed by atoms with Crippen LogP contribution in [0.3, 0.4) is 0 Å². The van der Waals surface area contributed by atoms with Crippen molar-refractivity contribution in [3.8, 4) is 0 Å². The van der Waals surface area contributed by atoms with Crippen LogP contribution >= 0.6 is 0 Å². The van der Waals surface area contributed by atoms with Gasteiger partial charge in [0.15, 0.2) is 0 Å². The number of fused-ring (bicyclic) bond motifs is 1. The fraction of sp³-hybridized carbons (Fsp3) is 0.188. The largest absolute Gasteiger partial charge is 0.241 e. The maximum absolute atomic E-state index is 12.4. The zero-order valence-electron chi connectivity index (χ0n) is 11.1. The van der Waals surface area contributed by atoms with Gasteiger partial charge in [0, 0.05) is 6.42 Å². The van der Waals surface area contributed by atoms with Gasteiger partial charge in [0.05, 0.1) is 10.9 Å². The van der Waals surface area contributed by atoms with E-state index in [0.29, 0.717) is 6.42 Å². The molecule has 0 spiro atoms. The molecule has 2 aromatic carbocycles. The van der Waals surface area contributed by atoms with Crippen molar-refractivity contribution < 1.29 is 8.42 Å². The fourth-order valence-electron chi connectivity index (χ4n) is 2.34. The van der Waals surface area contributed by atoms with Crippen molar-refractivity contribution in [2.75, 3.05) is 0 Å². The number of hydrogen-bond donors (Lipinski definition) is 1. The van der Waals surface area contributed by atoms with E-state index in [0.717, 1.165) is 16.7 Å². The molecule has 2 aromatic rings. The highest BCUT2D eigenvalue weighted by atomic mass is 32.2. The topological polar surface area (TPSA) is 46.2 Å². The van der Waals surface area contributed by atoms with Gasteiger partial charge in [-0.1, -0.05) is 42.0 Å². The van der Waals surface area contributed by atoms with Crippen LogP contribution in [0.25, 0.3) is 0 Å². The predicted octanol–water partition coefficient (Wildman–Crippen LogP) is 2.65. The van der Waals surface area contributed by atoms with Crippen molar-refractivity contribution in [1.29, 1.82) is 0 Å². The SMILES string of the molecule is Cc1ccc(S(=O)(=O)N[C@@H]2[C]Cc3ccccc32)cc1. The van der Waals surface area contributed by atoms with Crippen molar-refractivity contribution >= 4 is 10.0 Å². The molecule has 0 bridgehead atoms. The van der Waals surface area contributed by atoms with Crippen LogP contribution in [-0.2, 0) is 16.4 Å². The van der Waals surface area contributed by atoms with Crippen LogP contribution < -0.4 is 4.72 Å². The molecule has 0 saturated carbocycles. The third-order valence-electron chi connectivity index (χ3n) is 3.47. The Morgan fingerprint density at radius 1 is 1.10 bits per heavy atom. The van der Waals surface area contributed by atoms with Crippen LogP contribution in [0, 0.1) is 13.3 Å². The Hall–Kier alpha value is -1.65. The van der Waals surface area contributed by atoms with Crippen LogP contribution in [0.5, 0.6) is 0 Å². The molecule has 0 aliphatic heterocycles. The van der Waals surface area contributed by atoms with E-state index in [1.54, 1.807) is 24.3 Å². The molecule has 1 N–H and O–H groups in total. The second kappa shape index (κ2) is 5.04. The summed E-state index contributed by atoms with van der Waals surface area (Å²) in [5, 5.41) is 0. The zero-order valence-corrected chi connectivity index (χ0v) is 11.9. The van der Waals surface area contributed by atoms with Gasteiger partial charge < -0.3 is 0 Å². The molecule has 0 heterocycles. The summed E-state index contributed by atoms with van der Waals surface area (Å²) >= 11 is 0. The maximum atomic E-state index is 12.4. The van der Waals surface area contributed by atoms with E-state index in [4.69, 9.17) is 0 Å². The molecule has 3 nitrogen and oxygen atoms in total. The molecule has 1 aliphatic carbocycles. The van der Waals surface area contributed by atoms with E-state index in [2.05, 4.69) is 11.1 Å². The van der Waals surface area contributed by atoms with Crippen LogP contribution in [-0.4, -0.2) is 8.42 Å². The average Bonchev–Trinajstić information content (AvgIpc) is 2.82. The van der Waals surface area contributed by atoms with Crippen molar-refractivity contribution in [3.05, 3.63) is 71.6 Å². The summed E-state index contributed by atoms with van der Waals surface area (Å²) in [7, 11) is -3.52. The number of aryl methyl sites for hydroxylation is 1. The first-order chi connectivity index (χ1) is 9.56. The first-order valence-corrected chi connectivity index (χ1v) is 7.95. The highest BCUT2D eigenvalue weighted by molar-refractivity contribution is 7.89. The molecular weight excluding hydrogens is 270 g/mol. The number of rotatable bonds is 3. The molecule has 2 radical (unpaired) electrons. The molecule has 1 atom stereocenters. The van der Waals surface area contributed by atoms with Crippen LogP contribution in [0.4, 0.5) is 0 Å². The first-order valence-electron chi connectivity index (χ1n) is 6.46. The lowest BCUT2D eigenvalue weighted by molar-refractivity contribution is 0.572. The smallest absolute Gasteiger partial charge is 0.207 e. The van der Waals surface area contributed by atoms with Gasteiger partial charge in [0.1, 0.15) is 0 Å². The molecule has 0 unspecified atom stereocenters. The Kier molecular flexibility index (Phi) is 3.36. The summed E-state index contributed by atoms with van der Waals surface area (Å²) < 4.78 is 27.4. The van der Waals surface area contributed by atoms with E-state index in [9.17, 15) is 8.42 Å². The third-order valence-corrected chi connectivity index (χ3v) is 4.91. The Labute approximate surface area is 119 Å². The van der Waals surface area contributed by atoms with Crippen molar-refractivity contribution in [2.24, 2.45) is 0 Å². The van der Waals surface area contributed by atoms with Gasteiger partial charge in [-0.15, -0.1) is 0 Å². The highest BCUT2D eigenvalue weighted by Crippen LogP contribution is 2.31. The quantitative estimate of drug-likeness (QED) is 0.942. The summed E-state index contributed by atoms with van der Waals surface area (Å²) in [6.45, 7) is 1.93. The number of sulfonamides is 1. The van der Waals surface area contributed by atoms with Crippen molar-refractivity contribution in [2.45, 2.75) is 24.3 Å². The molecule has 20 heavy (non-hydrogen) atoms. The molecule has 1 aliphatic rings. The van der Waals surface area contributed by atoms with Gasteiger partial charge in [-0.2, -0.15) is 0 Å². The Balaban J connectivity index is 1.86. The molecule has 0 aromatic heterocycles. The lowest BCUT2D eigenvalue weighted by Crippen LogP contribution is -2.27. The second-order valence-electron chi connectivity index (χ2n) is 4.95. The molecule has 0 saturated heterocycles. The predicted molar refractivity (Wildman–Crippen MR) is 77.6 cm³/mol. The molecule has 102 valence electrons. The van der Waals surface area contributed by atoms with E-state index in [1.807, 2.05) is 31.2 Å². The van der Waals surface area contributed by atoms with E-state index in [1.165, 1.54) is 0 Å². The minimum Gasteiger partial charge on any atom is -0.207 e.